The second-order valence-electron chi connectivity index (χ2n) is 24.0. The van der Waals surface area contributed by atoms with E-state index in [1.807, 2.05) is 33.3 Å². The molecule has 0 heterocycles. The molecule has 0 fully saturated rings. The standard InChI is InChI=1S/C71H129N2O7P/c1-7-10-13-16-19-22-25-27-29-31-32-33-34-35-36-37-38-39-40-42-43-45-48-51-54-57-60-63-70(74)72-68(67-79-81(76,77)78-66-65-73(4,5)6)69(62-59-56-53-50-47-24-21-18-15-12-9-3)80-71(75)64-61-58-55-52-49-46-44-41-30-28-26-23-20-17-14-11-8-2/h19-20,22-23,27-30,44,46,52,55,59,62,68-69H,7-18,21,24-26,31-43,45,47-51,53-54,56-58,60-61,63-67H2,1-6H3,(H-,72,74,76,77)/p+1/b22-19-,23-20-,29-27-,30-28-,46-44-,55-52-,62-59-. The van der Waals surface area contributed by atoms with Crippen LogP contribution in [0.4, 0.5) is 0 Å². The van der Waals surface area contributed by atoms with Gasteiger partial charge in [0.05, 0.1) is 33.8 Å². The molecule has 2 N–H and O–H groups in total. The molecule has 0 saturated carbocycles. The summed E-state index contributed by atoms with van der Waals surface area (Å²) in [5.74, 6) is -0.566. The fourth-order valence-corrected chi connectivity index (χ4v) is 10.3. The van der Waals surface area contributed by atoms with Gasteiger partial charge in [-0.05, 0) is 102 Å². The minimum atomic E-state index is -4.46. The van der Waals surface area contributed by atoms with Gasteiger partial charge in [-0.2, -0.15) is 0 Å². The highest BCUT2D eigenvalue weighted by Crippen LogP contribution is 2.43. The first-order valence-corrected chi connectivity index (χ1v) is 35.4. The van der Waals surface area contributed by atoms with E-state index in [1.165, 1.54) is 193 Å². The fraction of sp³-hybridized carbons (Fsp3) is 0.775. The first kappa shape index (κ1) is 78.2. The van der Waals surface area contributed by atoms with Gasteiger partial charge in [0.25, 0.3) is 0 Å². The number of allylic oxidation sites excluding steroid dienone is 13. The average Bonchev–Trinajstić information content (AvgIpc) is 3.43. The second-order valence-corrected chi connectivity index (χ2v) is 25.4. The molecule has 0 spiro atoms. The molecule has 3 unspecified atom stereocenters. The summed E-state index contributed by atoms with van der Waals surface area (Å²) in [6.45, 7) is 6.94. The van der Waals surface area contributed by atoms with Gasteiger partial charge >= 0.3 is 13.8 Å². The topological polar surface area (TPSA) is 111 Å². The van der Waals surface area contributed by atoms with Crippen molar-refractivity contribution < 1.29 is 37.3 Å². The summed E-state index contributed by atoms with van der Waals surface area (Å²) in [7, 11) is 1.47. The molecular weight excluding hydrogens is 1020 g/mol. The Morgan fingerprint density at radius 1 is 0.432 bits per heavy atom. The van der Waals surface area contributed by atoms with Crippen molar-refractivity contribution in [2.75, 3.05) is 40.9 Å². The zero-order chi connectivity index (χ0) is 59.3. The fourth-order valence-electron chi connectivity index (χ4n) is 9.55. The maximum absolute atomic E-state index is 13.6. The van der Waals surface area contributed by atoms with Crippen molar-refractivity contribution in [2.45, 2.75) is 315 Å². The van der Waals surface area contributed by atoms with Crippen molar-refractivity contribution in [1.82, 2.24) is 5.32 Å². The maximum atomic E-state index is 13.6. The Hall–Kier alpha value is -2.81. The first-order valence-electron chi connectivity index (χ1n) is 33.9. The van der Waals surface area contributed by atoms with Gasteiger partial charge in [0.15, 0.2) is 0 Å². The number of unbranched alkanes of at least 4 members (excludes halogenated alkanes) is 33. The Balaban J connectivity index is 5.06. The Morgan fingerprint density at radius 2 is 0.765 bits per heavy atom. The van der Waals surface area contributed by atoms with Crippen LogP contribution in [0.3, 0.4) is 0 Å². The highest BCUT2D eigenvalue weighted by atomic mass is 31.2. The Bertz CT molecular complexity index is 1660. The molecule has 0 aromatic carbocycles. The lowest BCUT2D eigenvalue weighted by Gasteiger charge is -2.27. The molecule has 0 aliphatic rings. The molecule has 0 bridgehead atoms. The zero-order valence-electron chi connectivity index (χ0n) is 53.8. The largest absolute Gasteiger partial charge is 0.472 e. The maximum Gasteiger partial charge on any atom is 0.472 e. The molecule has 470 valence electrons. The number of phosphoric acid groups is 1. The van der Waals surface area contributed by atoms with Gasteiger partial charge in [-0.3, -0.25) is 18.6 Å². The summed E-state index contributed by atoms with van der Waals surface area (Å²) < 4.78 is 30.7. The van der Waals surface area contributed by atoms with E-state index >= 15 is 0 Å². The van der Waals surface area contributed by atoms with Crippen LogP contribution in [-0.4, -0.2) is 74.3 Å². The van der Waals surface area contributed by atoms with Crippen molar-refractivity contribution in [3.05, 3.63) is 85.1 Å². The number of carbonyl (C=O) groups is 2. The third kappa shape index (κ3) is 61.6. The van der Waals surface area contributed by atoms with Gasteiger partial charge in [0.1, 0.15) is 19.3 Å². The number of quaternary nitrogens is 1. The molecule has 0 aromatic heterocycles. The lowest BCUT2D eigenvalue weighted by atomic mass is 10.0. The molecule has 9 nitrogen and oxygen atoms in total. The number of amides is 1. The van der Waals surface area contributed by atoms with E-state index in [9.17, 15) is 19.0 Å². The average molecular weight is 1150 g/mol. The number of hydrogen-bond donors (Lipinski definition) is 2. The molecule has 0 aromatic rings. The highest BCUT2D eigenvalue weighted by Gasteiger charge is 2.30. The normalized spacial score (nSPS) is 14.1. The summed E-state index contributed by atoms with van der Waals surface area (Å²) in [5, 5.41) is 3.05. The van der Waals surface area contributed by atoms with Crippen LogP contribution in [0.25, 0.3) is 0 Å². The van der Waals surface area contributed by atoms with Gasteiger partial charge in [-0.15, -0.1) is 0 Å². The molecule has 81 heavy (non-hydrogen) atoms. The third-order valence-corrected chi connectivity index (χ3v) is 15.8. The van der Waals surface area contributed by atoms with E-state index in [0.29, 0.717) is 23.9 Å². The van der Waals surface area contributed by atoms with Gasteiger partial charge in [-0.1, -0.05) is 273 Å². The van der Waals surface area contributed by atoms with E-state index in [4.69, 9.17) is 13.8 Å². The Morgan fingerprint density at radius 3 is 1.17 bits per heavy atom. The molecule has 0 radical (unpaired) electrons. The predicted molar refractivity (Wildman–Crippen MR) is 351 cm³/mol. The lowest BCUT2D eigenvalue weighted by molar-refractivity contribution is -0.870. The van der Waals surface area contributed by atoms with Gasteiger partial charge in [-0.25, -0.2) is 4.57 Å². The van der Waals surface area contributed by atoms with Crippen molar-refractivity contribution in [1.29, 1.82) is 0 Å². The van der Waals surface area contributed by atoms with Crippen molar-refractivity contribution >= 4 is 19.7 Å². The van der Waals surface area contributed by atoms with E-state index in [-0.39, 0.29) is 31.5 Å². The number of esters is 1. The molecule has 10 heteroatoms. The van der Waals surface area contributed by atoms with E-state index in [2.05, 4.69) is 99.0 Å². The summed E-state index contributed by atoms with van der Waals surface area (Å²) in [6.07, 6.45) is 80.4. The number of hydrogen-bond acceptors (Lipinski definition) is 6. The van der Waals surface area contributed by atoms with Crippen molar-refractivity contribution in [3.8, 4) is 0 Å². The smallest absolute Gasteiger partial charge is 0.456 e. The Labute approximate surface area is 501 Å². The lowest BCUT2D eigenvalue weighted by Crippen LogP contribution is -2.47. The molecule has 0 saturated heterocycles. The summed E-state index contributed by atoms with van der Waals surface area (Å²) in [4.78, 5) is 37.7. The minimum Gasteiger partial charge on any atom is -0.456 e. The first-order chi connectivity index (χ1) is 39.4. The van der Waals surface area contributed by atoms with Crippen LogP contribution in [0.2, 0.25) is 0 Å². The molecule has 0 rings (SSSR count). The number of nitrogens with zero attached hydrogens (tertiary/aromatic N) is 1. The van der Waals surface area contributed by atoms with Crippen LogP contribution in [0.1, 0.15) is 303 Å². The van der Waals surface area contributed by atoms with Gasteiger partial charge in [0.2, 0.25) is 5.91 Å². The van der Waals surface area contributed by atoms with Crippen LogP contribution in [-0.2, 0) is 27.9 Å². The second kappa shape index (κ2) is 60.3. The van der Waals surface area contributed by atoms with Crippen molar-refractivity contribution in [3.63, 3.8) is 0 Å². The predicted octanol–water partition coefficient (Wildman–Crippen LogP) is 21.3. The summed E-state index contributed by atoms with van der Waals surface area (Å²) in [6, 6.07) is -0.873. The van der Waals surface area contributed by atoms with E-state index in [0.717, 1.165) is 70.6 Å². The third-order valence-electron chi connectivity index (χ3n) is 14.8. The quantitative estimate of drug-likeness (QED) is 0.0205. The van der Waals surface area contributed by atoms with Crippen LogP contribution in [0, 0.1) is 0 Å². The molecule has 0 aliphatic heterocycles. The number of rotatable bonds is 61. The SMILES string of the molecule is CCCCC/C=C\C/C=C\C/C=C\C/C=C\CCCC(=O)OC(/C=C\CCCCCCCCCCC)C(COP(=O)(O)OCC[N+](C)(C)C)NC(=O)CCCCCCCCCCCCCCCCCCC/C=C\C/C=C\CCCCC. The molecular formula is C71H130N2O7P+. The van der Waals surface area contributed by atoms with Crippen LogP contribution in [0.5, 0.6) is 0 Å². The number of likely N-dealkylation sites (N-methyl/N-ethyl adjacent to an activating group) is 1. The van der Waals surface area contributed by atoms with Gasteiger partial charge in [0, 0.05) is 12.8 Å². The summed E-state index contributed by atoms with van der Waals surface area (Å²) >= 11 is 0. The van der Waals surface area contributed by atoms with Crippen molar-refractivity contribution in [2.24, 2.45) is 0 Å². The number of nitrogens with one attached hydrogen (secondary N) is 1. The highest BCUT2D eigenvalue weighted by molar-refractivity contribution is 7.47. The summed E-state index contributed by atoms with van der Waals surface area (Å²) in [5.41, 5.74) is 0. The zero-order valence-corrected chi connectivity index (χ0v) is 54.7. The van der Waals surface area contributed by atoms with Crippen LogP contribution < -0.4 is 5.32 Å². The van der Waals surface area contributed by atoms with E-state index in [1.54, 1.807) is 0 Å². The van der Waals surface area contributed by atoms with Gasteiger partial charge < -0.3 is 19.4 Å². The molecule has 3 atom stereocenters. The molecule has 0 aliphatic carbocycles. The minimum absolute atomic E-state index is 0.0299. The number of phosphoric ester groups is 1. The number of carbonyl (C=O) groups excluding carboxylic acids is 2. The van der Waals surface area contributed by atoms with Crippen LogP contribution in [0.15, 0.2) is 85.1 Å². The monoisotopic (exact) mass is 1150 g/mol. The molecule has 1 amide bonds. The number of ether oxygens (including phenoxy) is 1. The Kier molecular flexibility index (Phi) is 58.2. The van der Waals surface area contributed by atoms with E-state index < -0.39 is 20.0 Å². The van der Waals surface area contributed by atoms with Crippen LogP contribution >= 0.6 is 7.82 Å².